The summed E-state index contributed by atoms with van der Waals surface area (Å²) in [6.07, 6.45) is 2.27. The van der Waals surface area contributed by atoms with E-state index < -0.39 is 17.5 Å². The fraction of sp³-hybridized carbons (Fsp3) is 0.444. The average Bonchev–Trinajstić information content (AvgIpc) is 2.80. The Morgan fingerprint density at radius 3 is 2.63 bits per heavy atom. The summed E-state index contributed by atoms with van der Waals surface area (Å²) in [4.78, 5) is 27.4. The van der Waals surface area contributed by atoms with E-state index in [0.717, 1.165) is 18.4 Å². The zero-order valence-corrected chi connectivity index (χ0v) is 20.7. The second kappa shape index (κ2) is 9.32. The second-order valence-electron chi connectivity index (χ2n) is 10.1. The van der Waals surface area contributed by atoms with E-state index in [1.165, 1.54) is 11.0 Å². The van der Waals surface area contributed by atoms with Gasteiger partial charge in [-0.3, -0.25) is 19.9 Å². The van der Waals surface area contributed by atoms with Crippen LogP contribution in [0.15, 0.2) is 42.5 Å². The van der Waals surface area contributed by atoms with Crippen LogP contribution in [0.25, 0.3) is 0 Å². The molecule has 186 valence electrons. The first-order valence-electron chi connectivity index (χ1n) is 12.1. The van der Waals surface area contributed by atoms with E-state index in [1.807, 2.05) is 33.8 Å². The number of rotatable bonds is 6. The van der Waals surface area contributed by atoms with Crippen molar-refractivity contribution >= 4 is 17.8 Å². The van der Waals surface area contributed by atoms with Gasteiger partial charge >= 0.3 is 0 Å². The van der Waals surface area contributed by atoms with Crippen molar-refractivity contribution in [2.75, 3.05) is 0 Å². The average molecular weight is 481 g/mol. The Balaban J connectivity index is 1.51. The summed E-state index contributed by atoms with van der Waals surface area (Å²) >= 11 is 0. The molecule has 2 aromatic rings. The molecule has 2 amide bonds. The molecule has 7 nitrogen and oxygen atoms in total. The monoisotopic (exact) mass is 480 g/mol. The van der Waals surface area contributed by atoms with Crippen LogP contribution in [0.4, 0.5) is 4.39 Å². The van der Waals surface area contributed by atoms with E-state index in [2.05, 4.69) is 10.6 Å². The van der Waals surface area contributed by atoms with Crippen LogP contribution in [0.5, 0.6) is 5.75 Å². The fourth-order valence-electron chi connectivity index (χ4n) is 4.95. The number of nitrogens with one attached hydrogen (secondary N) is 3. The van der Waals surface area contributed by atoms with Crippen LogP contribution in [0, 0.1) is 11.2 Å². The van der Waals surface area contributed by atoms with Crippen LogP contribution in [0.3, 0.4) is 0 Å². The predicted octanol–water partition coefficient (Wildman–Crippen LogP) is 4.67. The zero-order chi connectivity index (χ0) is 25.4. The van der Waals surface area contributed by atoms with Gasteiger partial charge in [-0.1, -0.05) is 32.0 Å². The highest BCUT2D eigenvalue weighted by atomic mass is 19.1. The van der Waals surface area contributed by atoms with E-state index >= 15 is 0 Å². The van der Waals surface area contributed by atoms with Crippen molar-refractivity contribution in [3.05, 3.63) is 65.0 Å². The first-order chi connectivity index (χ1) is 16.6. The van der Waals surface area contributed by atoms with Gasteiger partial charge in [-0.05, 0) is 56.5 Å². The highest BCUT2D eigenvalue weighted by molar-refractivity contribution is 5.99. The van der Waals surface area contributed by atoms with Crippen molar-refractivity contribution < 1.29 is 18.7 Å². The highest BCUT2D eigenvalue weighted by Gasteiger charge is 2.39. The summed E-state index contributed by atoms with van der Waals surface area (Å²) in [5.41, 5.74) is 0.552. The molecule has 0 spiro atoms. The third-order valence-electron chi connectivity index (χ3n) is 7.08. The van der Waals surface area contributed by atoms with E-state index in [0.29, 0.717) is 29.7 Å². The number of fused-ring (bicyclic) bond motifs is 1. The van der Waals surface area contributed by atoms with E-state index in [9.17, 15) is 14.0 Å². The van der Waals surface area contributed by atoms with Crippen LogP contribution < -0.4 is 15.4 Å². The van der Waals surface area contributed by atoms with Gasteiger partial charge in [-0.2, -0.15) is 0 Å². The molecule has 1 saturated heterocycles. The van der Waals surface area contributed by atoms with Gasteiger partial charge in [0.1, 0.15) is 17.2 Å². The summed E-state index contributed by atoms with van der Waals surface area (Å²) in [6.45, 7) is 8.03. The van der Waals surface area contributed by atoms with Crippen LogP contribution in [0.1, 0.15) is 80.9 Å². The molecule has 8 heteroatoms. The third-order valence-corrected chi connectivity index (χ3v) is 7.08. The number of hydrogen-bond acceptors (Lipinski definition) is 4. The topological polar surface area (TPSA) is 94.5 Å². The lowest BCUT2D eigenvalue weighted by atomic mass is 9.87. The van der Waals surface area contributed by atoms with Crippen LogP contribution in [-0.4, -0.2) is 33.8 Å². The normalized spacial score (nSPS) is 20.5. The van der Waals surface area contributed by atoms with Crippen LogP contribution >= 0.6 is 0 Å². The van der Waals surface area contributed by atoms with Gasteiger partial charge in [-0.25, -0.2) is 4.39 Å². The predicted molar refractivity (Wildman–Crippen MR) is 132 cm³/mol. The van der Waals surface area contributed by atoms with E-state index in [4.69, 9.17) is 10.1 Å². The quantitative estimate of drug-likeness (QED) is 0.560. The molecule has 0 bridgehead atoms. The highest BCUT2D eigenvalue weighted by Crippen LogP contribution is 2.40. The maximum Gasteiger partial charge on any atom is 0.251 e. The standard InChI is InChI=1S/C27H33FN4O3/c1-5-27(6-2)15-22(33)32(25(29)31-27)16-17-9-7-10-18(13-17)24(34)30-20-14-26(3,4)35-21-12-8-11-19(28)23(20)21/h7-13,20H,5-6,14-16H2,1-4H3,(H2,29,31)(H,30,34). The molecule has 4 rings (SSSR count). The number of carbonyl (C=O) groups excluding carboxylic acids is 2. The van der Waals surface area contributed by atoms with Crippen molar-refractivity contribution in [2.24, 2.45) is 0 Å². The number of amides is 2. The van der Waals surface area contributed by atoms with Gasteiger partial charge in [0.15, 0.2) is 5.96 Å². The molecular formula is C27H33FN4O3. The van der Waals surface area contributed by atoms with Gasteiger partial charge in [0.05, 0.1) is 24.6 Å². The lowest BCUT2D eigenvalue weighted by molar-refractivity contribution is -0.131. The molecule has 2 heterocycles. The minimum Gasteiger partial charge on any atom is -0.487 e. The van der Waals surface area contributed by atoms with Gasteiger partial charge in [-0.15, -0.1) is 0 Å². The maximum absolute atomic E-state index is 14.6. The summed E-state index contributed by atoms with van der Waals surface area (Å²) in [5.74, 6) is -0.342. The lowest BCUT2D eigenvalue weighted by Gasteiger charge is -2.42. The Bertz CT molecular complexity index is 1140. The largest absolute Gasteiger partial charge is 0.487 e. The zero-order valence-electron chi connectivity index (χ0n) is 20.7. The summed E-state index contributed by atoms with van der Waals surface area (Å²) < 4.78 is 20.6. The summed E-state index contributed by atoms with van der Waals surface area (Å²) in [5, 5.41) is 14.6. The van der Waals surface area contributed by atoms with Crippen molar-refractivity contribution in [1.29, 1.82) is 5.41 Å². The molecule has 2 aliphatic rings. The third kappa shape index (κ3) is 5.01. The van der Waals surface area contributed by atoms with Crippen molar-refractivity contribution in [3.63, 3.8) is 0 Å². The Hall–Kier alpha value is -3.42. The van der Waals surface area contributed by atoms with Crippen LogP contribution in [0.2, 0.25) is 0 Å². The smallest absolute Gasteiger partial charge is 0.251 e. The number of ether oxygens (including phenoxy) is 1. The van der Waals surface area contributed by atoms with Crippen molar-refractivity contribution in [2.45, 2.75) is 77.1 Å². The molecule has 3 N–H and O–H groups in total. The first-order valence-corrected chi connectivity index (χ1v) is 12.1. The van der Waals surface area contributed by atoms with Gasteiger partial charge in [0.25, 0.3) is 5.91 Å². The number of benzene rings is 2. The molecule has 0 aromatic heterocycles. The molecule has 0 aliphatic carbocycles. The number of carbonyl (C=O) groups is 2. The Morgan fingerprint density at radius 2 is 1.94 bits per heavy atom. The molecule has 1 fully saturated rings. The molecule has 2 aliphatic heterocycles. The fourth-order valence-corrected chi connectivity index (χ4v) is 4.95. The number of halogens is 1. The minimum atomic E-state index is -0.561. The lowest BCUT2D eigenvalue weighted by Crippen LogP contribution is -2.61. The van der Waals surface area contributed by atoms with Gasteiger partial charge in [0.2, 0.25) is 5.91 Å². The van der Waals surface area contributed by atoms with Crippen LogP contribution in [-0.2, 0) is 11.3 Å². The molecule has 1 atom stereocenters. The molecule has 0 saturated carbocycles. The Morgan fingerprint density at radius 1 is 1.23 bits per heavy atom. The maximum atomic E-state index is 14.6. The molecule has 0 radical (unpaired) electrons. The first kappa shape index (κ1) is 24.7. The molecule has 35 heavy (non-hydrogen) atoms. The number of hydrogen-bond donors (Lipinski definition) is 3. The molecule has 1 unspecified atom stereocenters. The minimum absolute atomic E-state index is 0.0799. The molecular weight excluding hydrogens is 447 g/mol. The SMILES string of the molecule is CCC1(CC)CC(=O)N(Cc2cccc(C(=O)NC3CC(C)(C)Oc4cccc(F)c43)c2)C(=N)N1. The number of guanidine groups is 1. The molecule has 2 aromatic carbocycles. The summed E-state index contributed by atoms with van der Waals surface area (Å²) in [6, 6.07) is 11.1. The Kier molecular flexibility index (Phi) is 6.58. The summed E-state index contributed by atoms with van der Waals surface area (Å²) in [7, 11) is 0. The van der Waals surface area contributed by atoms with Gasteiger partial charge < -0.3 is 15.4 Å². The van der Waals surface area contributed by atoms with E-state index in [1.54, 1.807) is 30.3 Å². The number of nitrogens with zero attached hydrogens (tertiary/aromatic N) is 1. The van der Waals surface area contributed by atoms with Gasteiger partial charge in [0, 0.05) is 17.5 Å². The Labute approximate surface area is 205 Å². The van der Waals surface area contributed by atoms with Crippen molar-refractivity contribution in [3.8, 4) is 5.75 Å². The van der Waals surface area contributed by atoms with E-state index in [-0.39, 0.29) is 29.9 Å². The van der Waals surface area contributed by atoms with Crippen molar-refractivity contribution in [1.82, 2.24) is 15.5 Å². The second-order valence-corrected chi connectivity index (χ2v) is 10.1.